The Morgan fingerprint density at radius 3 is 2.16 bits per heavy atom. The Kier molecular flexibility index (Phi) is 7.18. The molecule has 0 radical (unpaired) electrons. The van der Waals surface area contributed by atoms with Crippen molar-refractivity contribution < 1.29 is 36.8 Å². The molecule has 37 heavy (non-hydrogen) atoms. The fourth-order valence-electron chi connectivity index (χ4n) is 3.81. The van der Waals surface area contributed by atoms with Crippen LogP contribution in [0.3, 0.4) is 0 Å². The largest absolute Gasteiger partial charge is 0.457 e. The molecule has 12 heteroatoms. The number of sulfonamides is 1. The molecule has 2 unspecified atom stereocenters. The van der Waals surface area contributed by atoms with Crippen LogP contribution in [0.5, 0.6) is 11.5 Å². The number of likely N-dealkylation sites (N-methyl/N-ethyl adjacent to an activating group) is 1. The van der Waals surface area contributed by atoms with Gasteiger partial charge in [0.2, 0.25) is 0 Å². The second-order valence-corrected chi connectivity index (χ2v) is 11.0. The molecular formula is C25H23ClN3O7S+. The number of nitrogens with two attached hydrogens (primary N) is 1. The van der Waals surface area contributed by atoms with Crippen LogP contribution in [0.2, 0.25) is 5.02 Å². The van der Waals surface area contributed by atoms with Crippen molar-refractivity contribution in [2.24, 2.45) is 5.73 Å². The highest BCUT2D eigenvalue weighted by Gasteiger charge is 2.49. The van der Waals surface area contributed by atoms with E-state index in [1.165, 1.54) is 36.4 Å². The number of rotatable bonds is 8. The SMILES string of the molecule is C[N+](O)(C(=O)C(N)CCN1C(=O)c2ccccc2C1=O)S(=O)(=O)c1ccc(Oc2cccc(Cl)c2)cc1. The van der Waals surface area contributed by atoms with Gasteiger partial charge in [-0.25, -0.2) is 4.79 Å². The maximum atomic E-state index is 13.1. The van der Waals surface area contributed by atoms with Crippen LogP contribution < -0.4 is 10.5 Å². The summed E-state index contributed by atoms with van der Waals surface area (Å²) < 4.78 is 29.8. The van der Waals surface area contributed by atoms with E-state index in [9.17, 15) is 28.0 Å². The fourth-order valence-corrected chi connectivity index (χ4v) is 5.25. The Bertz CT molecular complexity index is 1460. The molecule has 0 saturated heterocycles. The van der Waals surface area contributed by atoms with Gasteiger partial charge in [0, 0.05) is 11.6 Å². The summed E-state index contributed by atoms with van der Waals surface area (Å²) in [5.74, 6) is -1.55. The summed E-state index contributed by atoms with van der Waals surface area (Å²) >= 11 is 5.93. The van der Waals surface area contributed by atoms with Gasteiger partial charge in [0.1, 0.15) is 29.5 Å². The molecule has 1 aliphatic heterocycles. The molecule has 4 rings (SSSR count). The summed E-state index contributed by atoms with van der Waals surface area (Å²) in [5, 5.41) is 11.2. The van der Waals surface area contributed by atoms with E-state index in [0.29, 0.717) is 16.5 Å². The first-order chi connectivity index (χ1) is 17.4. The minimum atomic E-state index is -4.64. The average molecular weight is 545 g/mol. The molecule has 2 atom stereocenters. The molecule has 0 bridgehead atoms. The fraction of sp³-hybridized carbons (Fsp3) is 0.160. The van der Waals surface area contributed by atoms with Crippen LogP contribution in [0.1, 0.15) is 27.1 Å². The minimum Gasteiger partial charge on any atom is -0.457 e. The summed E-state index contributed by atoms with van der Waals surface area (Å²) in [6.07, 6.45) is -0.249. The zero-order valence-electron chi connectivity index (χ0n) is 19.6. The van der Waals surface area contributed by atoms with Crippen LogP contribution in [0.25, 0.3) is 0 Å². The second kappa shape index (κ2) is 10.0. The van der Waals surface area contributed by atoms with Crippen molar-refractivity contribution in [1.82, 2.24) is 4.90 Å². The van der Waals surface area contributed by atoms with Crippen molar-refractivity contribution in [3.8, 4) is 11.5 Å². The predicted octanol–water partition coefficient (Wildman–Crippen LogP) is 3.20. The summed E-state index contributed by atoms with van der Waals surface area (Å²) in [5.41, 5.74) is 6.38. The van der Waals surface area contributed by atoms with Crippen LogP contribution in [0.4, 0.5) is 0 Å². The molecule has 3 N–H and O–H groups in total. The Hall–Kier alpha value is -3.61. The Morgan fingerprint density at radius 1 is 1.00 bits per heavy atom. The van der Waals surface area contributed by atoms with E-state index >= 15 is 0 Å². The Labute approximate surface area is 218 Å². The minimum absolute atomic E-state index is 0.227. The average Bonchev–Trinajstić information content (AvgIpc) is 3.11. The monoisotopic (exact) mass is 544 g/mol. The summed E-state index contributed by atoms with van der Waals surface area (Å²) in [7, 11) is -3.85. The summed E-state index contributed by atoms with van der Waals surface area (Å²) in [6.45, 7) is -0.227. The van der Waals surface area contributed by atoms with Crippen LogP contribution in [0.15, 0.2) is 77.7 Å². The molecule has 0 aliphatic carbocycles. The molecule has 0 aromatic heterocycles. The number of hydroxylamine groups is 2. The first-order valence-electron chi connectivity index (χ1n) is 11.1. The molecule has 3 amide bonds. The van der Waals surface area contributed by atoms with Crippen LogP contribution >= 0.6 is 11.6 Å². The number of imide groups is 1. The quantitative estimate of drug-likeness (QED) is 0.190. The molecule has 1 aliphatic rings. The molecule has 192 valence electrons. The number of ether oxygens (including phenoxy) is 1. The number of amides is 3. The van der Waals surface area contributed by atoms with Gasteiger partial charge < -0.3 is 10.5 Å². The van der Waals surface area contributed by atoms with Gasteiger partial charge in [-0.2, -0.15) is 13.6 Å². The zero-order valence-corrected chi connectivity index (χ0v) is 21.1. The number of nitrogens with zero attached hydrogens (tertiary/aromatic N) is 2. The lowest BCUT2D eigenvalue weighted by Gasteiger charge is -2.25. The lowest BCUT2D eigenvalue weighted by atomic mass is 10.1. The third-order valence-electron chi connectivity index (χ3n) is 5.89. The molecule has 3 aromatic rings. The van der Waals surface area contributed by atoms with Crippen molar-refractivity contribution in [1.29, 1.82) is 0 Å². The van der Waals surface area contributed by atoms with Crippen LogP contribution in [-0.2, 0) is 14.8 Å². The first-order valence-corrected chi connectivity index (χ1v) is 12.9. The highest BCUT2D eigenvalue weighted by atomic mass is 35.5. The topological polar surface area (TPSA) is 144 Å². The molecular weight excluding hydrogens is 522 g/mol. The van der Waals surface area contributed by atoms with E-state index in [1.807, 2.05) is 0 Å². The van der Waals surface area contributed by atoms with Crippen molar-refractivity contribution in [3.63, 3.8) is 0 Å². The van der Waals surface area contributed by atoms with Gasteiger partial charge in [-0.15, -0.1) is 0 Å². The number of halogens is 1. The van der Waals surface area contributed by atoms with Gasteiger partial charge in [0.05, 0.1) is 11.1 Å². The van der Waals surface area contributed by atoms with Crippen LogP contribution in [-0.4, -0.2) is 59.9 Å². The van der Waals surface area contributed by atoms with E-state index in [4.69, 9.17) is 22.1 Å². The predicted molar refractivity (Wildman–Crippen MR) is 133 cm³/mol. The smallest absolute Gasteiger partial charge is 0.378 e. The van der Waals surface area contributed by atoms with Gasteiger partial charge in [-0.05, 0) is 65.1 Å². The number of benzene rings is 3. The Morgan fingerprint density at radius 2 is 1.59 bits per heavy atom. The maximum absolute atomic E-state index is 13.1. The van der Waals surface area contributed by atoms with E-state index in [-0.39, 0.29) is 29.0 Å². The van der Waals surface area contributed by atoms with E-state index in [2.05, 4.69) is 0 Å². The summed E-state index contributed by atoms with van der Waals surface area (Å²) in [4.78, 5) is 38.5. The maximum Gasteiger partial charge on any atom is 0.378 e. The van der Waals surface area contributed by atoms with Gasteiger partial charge in [0.25, 0.3) is 11.8 Å². The first kappa shape index (κ1) is 26.5. The van der Waals surface area contributed by atoms with Gasteiger partial charge in [-0.1, -0.05) is 29.8 Å². The number of hydrogen-bond acceptors (Lipinski definition) is 8. The van der Waals surface area contributed by atoms with Gasteiger partial charge in [-0.3, -0.25) is 14.5 Å². The van der Waals surface area contributed by atoms with Crippen LogP contribution in [0, 0.1) is 0 Å². The number of quaternary nitrogens is 1. The third kappa shape index (κ3) is 4.99. The number of carbonyl (C=O) groups excluding carboxylic acids is 3. The zero-order chi connectivity index (χ0) is 27.0. The van der Waals surface area contributed by atoms with Crippen molar-refractivity contribution in [2.75, 3.05) is 13.6 Å². The highest BCUT2D eigenvalue weighted by Crippen LogP contribution is 2.28. The standard InChI is InChI=1S/C25H23ClN3O7S/c1-29(33,25(32)22(27)13-14-28-23(30)20-7-2-3-8-21(20)24(28)31)37(34,35)19-11-9-17(10-12-19)36-18-6-4-5-16(26)15-18/h2-12,15,22,33H,13-14,27H2,1H3/q+1. The van der Waals surface area contributed by atoms with E-state index in [0.717, 1.165) is 11.9 Å². The van der Waals surface area contributed by atoms with Gasteiger partial charge >= 0.3 is 15.9 Å². The molecule has 1 heterocycles. The van der Waals surface area contributed by atoms with E-state index in [1.54, 1.807) is 36.4 Å². The number of fused-ring (bicyclic) bond motifs is 1. The van der Waals surface area contributed by atoms with E-state index < -0.39 is 37.8 Å². The molecule has 10 nitrogen and oxygen atoms in total. The lowest BCUT2D eigenvalue weighted by molar-refractivity contribution is -0.918. The molecule has 3 aromatic carbocycles. The highest BCUT2D eigenvalue weighted by molar-refractivity contribution is 7.86. The lowest BCUT2D eigenvalue weighted by Crippen LogP contribution is -2.57. The molecule has 0 fully saturated rings. The van der Waals surface area contributed by atoms with Gasteiger partial charge in [0.15, 0.2) is 0 Å². The number of hydrogen-bond donors (Lipinski definition) is 2. The number of carbonyl (C=O) groups is 3. The third-order valence-corrected chi connectivity index (χ3v) is 8.11. The molecule has 0 spiro atoms. The van der Waals surface area contributed by atoms with Crippen molar-refractivity contribution >= 4 is 39.3 Å². The summed E-state index contributed by atoms with van der Waals surface area (Å²) in [6, 6.07) is 16.5. The second-order valence-electron chi connectivity index (χ2n) is 8.43. The normalized spacial score (nSPS) is 15.7. The Balaban J connectivity index is 1.44. The molecule has 0 saturated carbocycles. The van der Waals surface area contributed by atoms with Crippen molar-refractivity contribution in [3.05, 3.63) is 88.9 Å². The van der Waals surface area contributed by atoms with Crippen molar-refractivity contribution in [2.45, 2.75) is 17.4 Å².